The van der Waals surface area contributed by atoms with E-state index in [0.717, 1.165) is 24.5 Å². The van der Waals surface area contributed by atoms with Gasteiger partial charge in [0.1, 0.15) is 5.82 Å². The number of nitrogens with zero attached hydrogens (tertiary/aromatic N) is 6. The molecule has 2 aromatic rings. The summed E-state index contributed by atoms with van der Waals surface area (Å²) >= 11 is 0. The number of likely N-dealkylation sites (N-methyl/N-ethyl adjacent to an activating group) is 1. The lowest BCUT2D eigenvalue weighted by atomic mass is 9.92. The van der Waals surface area contributed by atoms with Gasteiger partial charge in [0, 0.05) is 57.9 Å². The number of amides is 1. The van der Waals surface area contributed by atoms with Crippen molar-refractivity contribution >= 4 is 11.7 Å². The molecule has 1 saturated heterocycles. The average Bonchev–Trinajstić information content (AvgIpc) is 3.05. The molecule has 0 radical (unpaired) electrons. The van der Waals surface area contributed by atoms with Crippen LogP contribution in [0.3, 0.4) is 0 Å². The summed E-state index contributed by atoms with van der Waals surface area (Å²) in [6.07, 6.45) is 9.28. The van der Waals surface area contributed by atoms with Gasteiger partial charge in [-0.25, -0.2) is 4.98 Å². The highest BCUT2D eigenvalue weighted by molar-refractivity contribution is 5.76. The van der Waals surface area contributed by atoms with E-state index in [1.807, 2.05) is 18.0 Å². The van der Waals surface area contributed by atoms with Crippen molar-refractivity contribution in [3.05, 3.63) is 36.5 Å². The summed E-state index contributed by atoms with van der Waals surface area (Å²) in [5.74, 6) is 0.784. The van der Waals surface area contributed by atoms with Crippen molar-refractivity contribution in [2.75, 3.05) is 31.6 Å². The van der Waals surface area contributed by atoms with Crippen molar-refractivity contribution in [1.82, 2.24) is 24.6 Å². The normalized spacial score (nSPS) is 20.2. The molecule has 3 heterocycles. The van der Waals surface area contributed by atoms with Gasteiger partial charge < -0.3 is 14.9 Å². The van der Waals surface area contributed by atoms with Gasteiger partial charge in [-0.3, -0.25) is 14.5 Å². The molecule has 1 atom stereocenters. The minimum absolute atomic E-state index is 0.0243. The second kappa shape index (κ2) is 7.82. The highest BCUT2D eigenvalue weighted by Gasteiger charge is 2.35. The third kappa shape index (κ3) is 4.37. The minimum atomic E-state index is -0.938. The fourth-order valence-electron chi connectivity index (χ4n) is 3.49. The van der Waals surface area contributed by atoms with Crippen molar-refractivity contribution in [3.63, 3.8) is 0 Å². The molecule has 0 aromatic carbocycles. The van der Waals surface area contributed by atoms with E-state index < -0.39 is 5.60 Å². The monoisotopic (exact) mass is 358 g/mol. The quantitative estimate of drug-likeness (QED) is 0.815. The zero-order valence-corrected chi connectivity index (χ0v) is 15.4. The molecule has 1 aliphatic rings. The van der Waals surface area contributed by atoms with E-state index in [1.54, 1.807) is 41.4 Å². The molecule has 26 heavy (non-hydrogen) atoms. The van der Waals surface area contributed by atoms with Crippen LogP contribution in [-0.4, -0.2) is 67.9 Å². The largest absolute Gasteiger partial charge is 0.386 e. The molecule has 8 nitrogen and oxygen atoms in total. The molecule has 1 amide bonds. The molecule has 140 valence electrons. The van der Waals surface area contributed by atoms with E-state index in [4.69, 9.17) is 0 Å². The molecule has 1 N–H and O–H groups in total. The van der Waals surface area contributed by atoms with Crippen LogP contribution in [0.25, 0.3) is 0 Å². The number of carbonyl (C=O) groups is 1. The van der Waals surface area contributed by atoms with E-state index in [1.165, 1.54) is 0 Å². The number of hydrogen-bond acceptors (Lipinski definition) is 6. The fraction of sp³-hybridized carbons (Fsp3) is 0.556. The smallest absolute Gasteiger partial charge is 0.222 e. The van der Waals surface area contributed by atoms with E-state index in [2.05, 4.69) is 15.1 Å². The number of anilines is 1. The number of aliphatic hydroxyl groups is 1. The summed E-state index contributed by atoms with van der Waals surface area (Å²) in [5, 5.41) is 15.1. The Hall–Kier alpha value is -2.48. The van der Waals surface area contributed by atoms with Gasteiger partial charge in [0.2, 0.25) is 5.91 Å². The van der Waals surface area contributed by atoms with Crippen molar-refractivity contribution in [2.24, 2.45) is 7.05 Å². The second-order valence-corrected chi connectivity index (χ2v) is 7.01. The standard InChI is InChI=1S/C18H26N6O2/c1-22(17(25)5-4-15-6-8-21-23(15)2)13-18(26)7-3-11-24(14-18)16-12-19-9-10-20-16/h6,8-10,12,26H,3-5,7,11,13-14H2,1-2H3/t18-/m0/s1. The van der Waals surface area contributed by atoms with Crippen LogP contribution in [0.1, 0.15) is 25.0 Å². The van der Waals surface area contributed by atoms with Crippen molar-refractivity contribution in [3.8, 4) is 0 Å². The van der Waals surface area contributed by atoms with Gasteiger partial charge in [0.25, 0.3) is 0 Å². The molecule has 1 fully saturated rings. The van der Waals surface area contributed by atoms with Crippen molar-refractivity contribution in [1.29, 1.82) is 0 Å². The Bertz CT molecular complexity index is 734. The highest BCUT2D eigenvalue weighted by Crippen LogP contribution is 2.25. The molecule has 0 spiro atoms. The number of aromatic nitrogens is 4. The van der Waals surface area contributed by atoms with Crippen LogP contribution in [0.4, 0.5) is 5.82 Å². The van der Waals surface area contributed by atoms with Gasteiger partial charge in [-0.15, -0.1) is 0 Å². The molecule has 1 aliphatic heterocycles. The lowest BCUT2D eigenvalue weighted by Crippen LogP contribution is -2.55. The van der Waals surface area contributed by atoms with Gasteiger partial charge in [0.05, 0.1) is 18.3 Å². The first-order valence-electron chi connectivity index (χ1n) is 8.91. The van der Waals surface area contributed by atoms with Gasteiger partial charge in [-0.1, -0.05) is 0 Å². The lowest BCUT2D eigenvalue weighted by Gasteiger charge is -2.41. The van der Waals surface area contributed by atoms with Crippen LogP contribution < -0.4 is 4.90 Å². The van der Waals surface area contributed by atoms with E-state index >= 15 is 0 Å². The zero-order chi connectivity index (χ0) is 18.6. The lowest BCUT2D eigenvalue weighted by molar-refractivity contribution is -0.133. The third-order valence-corrected chi connectivity index (χ3v) is 4.90. The van der Waals surface area contributed by atoms with Crippen LogP contribution in [0.2, 0.25) is 0 Å². The number of carbonyl (C=O) groups excluding carboxylic acids is 1. The molecule has 0 unspecified atom stereocenters. The van der Waals surface area contributed by atoms with E-state index in [9.17, 15) is 9.90 Å². The Morgan fingerprint density at radius 3 is 2.92 bits per heavy atom. The van der Waals surface area contributed by atoms with Crippen molar-refractivity contribution < 1.29 is 9.90 Å². The van der Waals surface area contributed by atoms with Gasteiger partial charge in [0.15, 0.2) is 0 Å². The Morgan fingerprint density at radius 2 is 2.23 bits per heavy atom. The maximum Gasteiger partial charge on any atom is 0.222 e. The maximum atomic E-state index is 12.5. The van der Waals surface area contributed by atoms with Crippen LogP contribution in [-0.2, 0) is 18.3 Å². The Labute approximate surface area is 153 Å². The predicted molar refractivity (Wildman–Crippen MR) is 97.6 cm³/mol. The molecule has 3 rings (SSSR count). The summed E-state index contributed by atoms with van der Waals surface area (Å²) in [4.78, 5) is 24.5. The first-order chi connectivity index (χ1) is 12.5. The van der Waals surface area contributed by atoms with Crippen LogP contribution in [0, 0.1) is 0 Å². The van der Waals surface area contributed by atoms with E-state index in [-0.39, 0.29) is 5.91 Å². The maximum absolute atomic E-state index is 12.5. The summed E-state index contributed by atoms with van der Waals surface area (Å²) in [7, 11) is 3.63. The Balaban J connectivity index is 1.56. The second-order valence-electron chi connectivity index (χ2n) is 7.01. The molecule has 0 aliphatic carbocycles. The molecule has 0 bridgehead atoms. The van der Waals surface area contributed by atoms with Crippen molar-refractivity contribution in [2.45, 2.75) is 31.3 Å². The van der Waals surface area contributed by atoms with Crippen LogP contribution >= 0.6 is 0 Å². The summed E-state index contributed by atoms with van der Waals surface area (Å²) in [6.45, 7) is 1.60. The topological polar surface area (TPSA) is 87.4 Å². The Morgan fingerprint density at radius 1 is 1.38 bits per heavy atom. The van der Waals surface area contributed by atoms with E-state index in [0.29, 0.717) is 32.4 Å². The summed E-state index contributed by atoms with van der Waals surface area (Å²) in [5.41, 5.74) is 0.0872. The van der Waals surface area contributed by atoms with Gasteiger partial charge >= 0.3 is 0 Å². The van der Waals surface area contributed by atoms with Crippen LogP contribution in [0.15, 0.2) is 30.9 Å². The van der Waals surface area contributed by atoms with Gasteiger partial charge in [-0.2, -0.15) is 5.10 Å². The molecule has 2 aromatic heterocycles. The number of rotatable bonds is 6. The number of hydrogen-bond donors (Lipinski definition) is 1. The Kier molecular flexibility index (Phi) is 5.51. The first-order valence-corrected chi connectivity index (χ1v) is 8.91. The first kappa shape index (κ1) is 18.3. The number of piperidine rings is 1. The number of aryl methyl sites for hydroxylation is 2. The summed E-state index contributed by atoms with van der Waals surface area (Å²) in [6, 6.07) is 1.92. The average molecular weight is 358 g/mol. The molecular weight excluding hydrogens is 332 g/mol. The molecule has 0 saturated carbocycles. The zero-order valence-electron chi connectivity index (χ0n) is 15.4. The third-order valence-electron chi connectivity index (χ3n) is 4.90. The van der Waals surface area contributed by atoms with Crippen LogP contribution in [0.5, 0.6) is 0 Å². The fourth-order valence-corrected chi connectivity index (χ4v) is 3.49. The summed E-state index contributed by atoms with van der Waals surface area (Å²) < 4.78 is 1.78. The molecular formula is C18H26N6O2. The SMILES string of the molecule is CN(C[C@@]1(O)CCCN(c2cnccn2)C1)C(=O)CCc1ccnn1C. The highest BCUT2D eigenvalue weighted by atomic mass is 16.3. The van der Waals surface area contributed by atoms with Gasteiger partial charge in [-0.05, 0) is 25.3 Å². The minimum Gasteiger partial charge on any atom is -0.386 e. The number of β-amino-alcohol motifs (C(OH)–C–C–N with tert-alkyl or cyclic N) is 1. The predicted octanol–water partition coefficient (Wildman–Crippen LogP) is 0.633. The molecule has 8 heteroatoms.